The fraction of sp³-hybridized carbons (Fsp3) is 0.833. The van der Waals surface area contributed by atoms with Crippen molar-refractivity contribution in [3.05, 3.63) is 11.7 Å². The van der Waals surface area contributed by atoms with Gasteiger partial charge in [0.2, 0.25) is 5.89 Å². The standard InChI is InChI=1S/C18H34N6O3/c1-6-19-16(20-11-14-22-15(27-23-14)17(2,3)4)21-12-18(5,25)13-24-7-9-26-10-8-24/h25H,6-13H2,1-5H3,(H2,19,20,21). The van der Waals surface area contributed by atoms with Crippen LogP contribution in [0.3, 0.4) is 0 Å². The predicted octanol–water partition coefficient (Wildman–Crippen LogP) is 0.505. The molecular formula is C18H34N6O3. The number of guanidine groups is 1. The Hall–Kier alpha value is -1.71. The van der Waals surface area contributed by atoms with Gasteiger partial charge in [-0.15, -0.1) is 0 Å². The van der Waals surface area contributed by atoms with E-state index in [1.165, 1.54) is 0 Å². The molecule has 2 heterocycles. The Bertz CT molecular complexity index is 602. The van der Waals surface area contributed by atoms with Crippen LogP contribution in [0.15, 0.2) is 9.52 Å². The predicted molar refractivity (Wildman–Crippen MR) is 104 cm³/mol. The molecule has 2 rings (SSSR count). The second-order valence-electron chi connectivity index (χ2n) is 8.20. The van der Waals surface area contributed by atoms with E-state index in [0.717, 1.165) is 32.8 Å². The van der Waals surface area contributed by atoms with Gasteiger partial charge >= 0.3 is 0 Å². The van der Waals surface area contributed by atoms with Crippen molar-refractivity contribution >= 4 is 5.96 Å². The highest BCUT2D eigenvalue weighted by Crippen LogP contribution is 2.19. The van der Waals surface area contributed by atoms with Gasteiger partial charge < -0.3 is 25.0 Å². The summed E-state index contributed by atoms with van der Waals surface area (Å²) in [4.78, 5) is 11.1. The van der Waals surface area contributed by atoms with Gasteiger partial charge in [0.15, 0.2) is 11.8 Å². The molecule has 1 aromatic rings. The number of nitrogens with one attached hydrogen (secondary N) is 2. The van der Waals surface area contributed by atoms with E-state index in [4.69, 9.17) is 9.26 Å². The Morgan fingerprint density at radius 1 is 1.22 bits per heavy atom. The molecule has 9 nitrogen and oxygen atoms in total. The number of aromatic nitrogens is 2. The molecule has 1 fully saturated rings. The molecule has 0 radical (unpaired) electrons. The third-order valence-corrected chi connectivity index (χ3v) is 4.14. The van der Waals surface area contributed by atoms with Gasteiger partial charge in [-0.25, -0.2) is 4.99 Å². The minimum absolute atomic E-state index is 0.185. The summed E-state index contributed by atoms with van der Waals surface area (Å²) in [7, 11) is 0. The van der Waals surface area contributed by atoms with Gasteiger partial charge in [-0.05, 0) is 13.8 Å². The first-order valence-electron chi connectivity index (χ1n) is 9.57. The van der Waals surface area contributed by atoms with Crippen molar-refractivity contribution in [2.24, 2.45) is 4.99 Å². The lowest BCUT2D eigenvalue weighted by atomic mass is 9.97. The average Bonchev–Trinajstić information content (AvgIpc) is 3.07. The van der Waals surface area contributed by atoms with E-state index in [2.05, 4.69) is 30.7 Å². The maximum atomic E-state index is 10.7. The minimum atomic E-state index is -0.876. The second kappa shape index (κ2) is 9.48. The van der Waals surface area contributed by atoms with Crippen molar-refractivity contribution in [2.75, 3.05) is 45.9 Å². The number of aliphatic imine (C=N–C) groups is 1. The molecule has 1 unspecified atom stereocenters. The molecule has 1 aromatic heterocycles. The largest absolute Gasteiger partial charge is 0.387 e. The molecule has 0 bridgehead atoms. The molecular weight excluding hydrogens is 348 g/mol. The lowest BCUT2D eigenvalue weighted by molar-refractivity contribution is -0.0201. The monoisotopic (exact) mass is 382 g/mol. The minimum Gasteiger partial charge on any atom is -0.387 e. The van der Waals surface area contributed by atoms with Crippen LogP contribution in [0.4, 0.5) is 0 Å². The Balaban J connectivity index is 1.89. The number of nitrogens with zero attached hydrogens (tertiary/aromatic N) is 4. The molecule has 0 saturated carbocycles. The summed E-state index contributed by atoms with van der Waals surface area (Å²) in [6.45, 7) is 15.0. The number of ether oxygens (including phenoxy) is 1. The molecule has 9 heteroatoms. The van der Waals surface area contributed by atoms with Gasteiger partial charge in [0.25, 0.3) is 0 Å². The second-order valence-corrected chi connectivity index (χ2v) is 8.20. The maximum absolute atomic E-state index is 10.7. The molecule has 0 amide bonds. The molecule has 1 atom stereocenters. The van der Waals surface area contributed by atoms with Crippen LogP contribution < -0.4 is 10.6 Å². The van der Waals surface area contributed by atoms with Crippen LogP contribution in [0.5, 0.6) is 0 Å². The normalized spacial score (nSPS) is 19.0. The molecule has 1 aliphatic heterocycles. The smallest absolute Gasteiger partial charge is 0.232 e. The van der Waals surface area contributed by atoms with Gasteiger partial charge in [0.05, 0.1) is 18.8 Å². The zero-order valence-electron chi connectivity index (χ0n) is 17.2. The fourth-order valence-corrected chi connectivity index (χ4v) is 2.69. The van der Waals surface area contributed by atoms with E-state index in [9.17, 15) is 5.11 Å². The first-order valence-corrected chi connectivity index (χ1v) is 9.57. The summed E-state index contributed by atoms with van der Waals surface area (Å²) in [6.07, 6.45) is 0. The summed E-state index contributed by atoms with van der Waals surface area (Å²) >= 11 is 0. The van der Waals surface area contributed by atoms with Crippen molar-refractivity contribution in [1.82, 2.24) is 25.7 Å². The molecule has 0 spiro atoms. The Morgan fingerprint density at radius 2 is 1.93 bits per heavy atom. The lowest BCUT2D eigenvalue weighted by Gasteiger charge is -2.34. The SMILES string of the molecule is CCNC(=NCc1noc(C(C)(C)C)n1)NCC(C)(O)CN1CCOCC1. The number of aliphatic hydroxyl groups is 1. The lowest BCUT2D eigenvalue weighted by Crippen LogP contribution is -2.52. The first-order chi connectivity index (χ1) is 12.7. The van der Waals surface area contributed by atoms with Crippen LogP contribution in [0.1, 0.15) is 46.3 Å². The van der Waals surface area contributed by atoms with Crippen LogP contribution in [0.25, 0.3) is 0 Å². The van der Waals surface area contributed by atoms with Gasteiger partial charge in [0.1, 0.15) is 6.54 Å². The summed E-state index contributed by atoms with van der Waals surface area (Å²) < 4.78 is 10.6. The molecule has 1 aliphatic rings. The van der Waals surface area contributed by atoms with Crippen molar-refractivity contribution in [1.29, 1.82) is 0 Å². The molecule has 3 N–H and O–H groups in total. The number of morpholine rings is 1. The van der Waals surface area contributed by atoms with E-state index in [1.54, 1.807) is 0 Å². The number of rotatable bonds is 7. The van der Waals surface area contributed by atoms with E-state index < -0.39 is 5.60 Å². The van der Waals surface area contributed by atoms with Crippen LogP contribution in [0, 0.1) is 0 Å². The van der Waals surface area contributed by atoms with E-state index in [0.29, 0.717) is 37.3 Å². The number of β-amino-alcohol motifs (C(OH)–C–C–N with tert-alkyl or cyclic N) is 1. The Kier molecular flexibility index (Phi) is 7.58. The highest BCUT2D eigenvalue weighted by molar-refractivity contribution is 5.79. The maximum Gasteiger partial charge on any atom is 0.232 e. The first kappa shape index (κ1) is 21.6. The van der Waals surface area contributed by atoms with Gasteiger partial charge in [-0.3, -0.25) is 4.90 Å². The third kappa shape index (κ3) is 7.43. The number of hydrogen-bond acceptors (Lipinski definition) is 7. The molecule has 0 aliphatic carbocycles. The van der Waals surface area contributed by atoms with Gasteiger partial charge in [0, 0.05) is 38.1 Å². The average molecular weight is 383 g/mol. The van der Waals surface area contributed by atoms with Crippen LogP contribution in [0.2, 0.25) is 0 Å². The van der Waals surface area contributed by atoms with E-state index >= 15 is 0 Å². The van der Waals surface area contributed by atoms with Crippen LogP contribution in [-0.4, -0.2) is 77.6 Å². The van der Waals surface area contributed by atoms with E-state index in [1.807, 2.05) is 34.6 Å². The summed E-state index contributed by atoms with van der Waals surface area (Å²) in [5.74, 6) is 1.75. The van der Waals surface area contributed by atoms with Crippen molar-refractivity contribution in [3.8, 4) is 0 Å². The van der Waals surface area contributed by atoms with Crippen molar-refractivity contribution < 1.29 is 14.4 Å². The third-order valence-electron chi connectivity index (χ3n) is 4.14. The molecule has 0 aromatic carbocycles. The quantitative estimate of drug-likeness (QED) is 0.462. The van der Waals surface area contributed by atoms with Gasteiger partial charge in [-0.2, -0.15) is 4.98 Å². The number of hydrogen-bond donors (Lipinski definition) is 3. The highest BCUT2D eigenvalue weighted by Gasteiger charge is 2.26. The van der Waals surface area contributed by atoms with Crippen molar-refractivity contribution in [2.45, 2.75) is 52.2 Å². The van der Waals surface area contributed by atoms with E-state index in [-0.39, 0.29) is 5.41 Å². The molecule has 1 saturated heterocycles. The Labute approximate surface area is 161 Å². The van der Waals surface area contributed by atoms with Crippen LogP contribution >= 0.6 is 0 Å². The van der Waals surface area contributed by atoms with Crippen molar-refractivity contribution in [3.63, 3.8) is 0 Å². The Morgan fingerprint density at radius 3 is 2.52 bits per heavy atom. The summed E-state index contributed by atoms with van der Waals surface area (Å²) in [5.41, 5.74) is -1.06. The van der Waals surface area contributed by atoms with Gasteiger partial charge in [-0.1, -0.05) is 25.9 Å². The molecule has 154 valence electrons. The zero-order valence-corrected chi connectivity index (χ0v) is 17.2. The highest BCUT2D eigenvalue weighted by atomic mass is 16.5. The summed E-state index contributed by atoms with van der Waals surface area (Å²) in [6, 6.07) is 0. The van der Waals surface area contributed by atoms with Crippen LogP contribution in [-0.2, 0) is 16.7 Å². The zero-order chi connectivity index (χ0) is 19.9. The fourth-order valence-electron chi connectivity index (χ4n) is 2.69. The topological polar surface area (TPSA) is 108 Å². The molecule has 27 heavy (non-hydrogen) atoms. The summed E-state index contributed by atoms with van der Waals surface area (Å²) in [5, 5.41) is 21.1.